The van der Waals surface area contributed by atoms with Crippen LogP contribution in [0.1, 0.15) is 112 Å². The first-order valence-electron chi connectivity index (χ1n) is 22.1. The minimum absolute atomic E-state index is 0.0125. The Bertz CT molecular complexity index is 1890. The third-order valence-corrected chi connectivity index (χ3v) is 10.9. The van der Waals surface area contributed by atoms with E-state index in [1.165, 1.54) is 5.56 Å². The molecule has 61 heavy (non-hydrogen) atoms. The number of hydrogen-bond donors (Lipinski definition) is 2. The number of carboxylic acids is 1. The smallest absolute Gasteiger partial charge is 0.335 e. The summed E-state index contributed by atoms with van der Waals surface area (Å²) in [4.78, 5) is 20.6. The topological polar surface area (TPSA) is 165 Å². The number of nitrogens with zero attached hydrogens (tertiary/aromatic N) is 2. The number of rotatable bonds is 22. The van der Waals surface area contributed by atoms with Crippen molar-refractivity contribution in [3.05, 3.63) is 82.6 Å². The van der Waals surface area contributed by atoms with Crippen LogP contribution in [0.5, 0.6) is 0 Å². The van der Waals surface area contributed by atoms with Crippen molar-refractivity contribution in [2.45, 2.75) is 156 Å². The third-order valence-electron chi connectivity index (χ3n) is 10.9. The number of benzene rings is 2. The highest BCUT2D eigenvalue weighted by Gasteiger charge is 2.28. The second-order valence-corrected chi connectivity index (χ2v) is 16.3. The molecular weight excluding hydrogens is 781 g/mol. The Hall–Kier alpha value is -3.95. The number of oxazole rings is 2. The maximum Gasteiger partial charge on any atom is 0.335 e. The molecule has 13 heteroatoms. The van der Waals surface area contributed by atoms with E-state index in [0.29, 0.717) is 44.8 Å². The van der Waals surface area contributed by atoms with Gasteiger partial charge >= 0.3 is 5.97 Å². The van der Waals surface area contributed by atoms with E-state index in [-0.39, 0.29) is 43.7 Å². The summed E-state index contributed by atoms with van der Waals surface area (Å²) in [5, 5.41) is 18.7. The van der Waals surface area contributed by atoms with Gasteiger partial charge in [-0.2, -0.15) is 0 Å². The third kappa shape index (κ3) is 15.7. The lowest BCUT2D eigenvalue weighted by molar-refractivity contribution is -0.157. The van der Waals surface area contributed by atoms with E-state index < -0.39 is 12.1 Å². The molecule has 336 valence electrons. The summed E-state index contributed by atoms with van der Waals surface area (Å²) in [6.07, 6.45) is 8.41. The van der Waals surface area contributed by atoms with Crippen molar-refractivity contribution in [2.24, 2.45) is 0 Å². The Labute approximate surface area is 361 Å². The number of aliphatic hydroxyl groups excluding tert-OH is 1. The van der Waals surface area contributed by atoms with Crippen LogP contribution >= 0.6 is 0 Å². The lowest BCUT2D eigenvalue weighted by Gasteiger charge is -2.30. The molecule has 2 aliphatic rings. The van der Waals surface area contributed by atoms with Crippen LogP contribution in [0.25, 0.3) is 22.9 Å². The van der Waals surface area contributed by atoms with E-state index in [1.54, 1.807) is 0 Å². The van der Waals surface area contributed by atoms with Gasteiger partial charge < -0.3 is 47.5 Å². The highest BCUT2D eigenvalue weighted by atomic mass is 16.6. The monoisotopic (exact) mass is 848 g/mol. The predicted molar refractivity (Wildman–Crippen MR) is 231 cm³/mol. The van der Waals surface area contributed by atoms with Crippen LogP contribution in [0.2, 0.25) is 0 Å². The molecule has 0 saturated heterocycles. The van der Waals surface area contributed by atoms with Gasteiger partial charge in [-0.3, -0.25) is 0 Å². The number of ether oxygens (including phenoxy) is 6. The number of aliphatic carboxylic acids is 1. The van der Waals surface area contributed by atoms with Gasteiger partial charge in [-0.1, -0.05) is 49.2 Å². The molecule has 2 fully saturated rings. The summed E-state index contributed by atoms with van der Waals surface area (Å²) in [5.74, 6) is 1.83. The first-order valence-corrected chi connectivity index (χ1v) is 22.1. The summed E-state index contributed by atoms with van der Waals surface area (Å²) in [6, 6.07) is 16.2. The zero-order valence-electron chi connectivity index (χ0n) is 37.1. The Morgan fingerprint density at radius 2 is 1.15 bits per heavy atom. The van der Waals surface area contributed by atoms with Crippen molar-refractivity contribution in [1.29, 1.82) is 0 Å². The first-order chi connectivity index (χ1) is 29.5. The van der Waals surface area contributed by atoms with Crippen LogP contribution < -0.4 is 0 Å². The maximum absolute atomic E-state index is 11.3. The zero-order chi connectivity index (χ0) is 43.6. The fraction of sp³-hybridized carbons (Fsp3) is 0.604. The van der Waals surface area contributed by atoms with Crippen LogP contribution in [0.3, 0.4) is 0 Å². The van der Waals surface area contributed by atoms with Crippen molar-refractivity contribution in [1.82, 2.24) is 9.97 Å². The fourth-order valence-electron chi connectivity index (χ4n) is 7.49. The highest BCUT2D eigenvalue weighted by molar-refractivity contribution is 5.72. The Morgan fingerprint density at radius 1 is 0.689 bits per heavy atom. The van der Waals surface area contributed by atoms with E-state index in [9.17, 15) is 15.0 Å². The summed E-state index contributed by atoms with van der Waals surface area (Å²) in [7, 11) is 0. The van der Waals surface area contributed by atoms with E-state index >= 15 is 0 Å². The van der Waals surface area contributed by atoms with Crippen molar-refractivity contribution in [2.75, 3.05) is 33.0 Å². The number of hydrogen-bond acceptors (Lipinski definition) is 12. The van der Waals surface area contributed by atoms with Crippen LogP contribution in [0.15, 0.2) is 57.4 Å². The van der Waals surface area contributed by atoms with Gasteiger partial charge in [0.1, 0.15) is 29.0 Å². The molecule has 2 saturated carbocycles. The molecule has 2 N–H and O–H groups in total. The number of aromatic nitrogens is 2. The quantitative estimate of drug-likeness (QED) is 0.0770. The van der Waals surface area contributed by atoms with Gasteiger partial charge in [0.15, 0.2) is 6.10 Å². The second-order valence-electron chi connectivity index (χ2n) is 16.3. The van der Waals surface area contributed by atoms with Gasteiger partial charge in [-0.05, 0) is 116 Å². The normalized spacial score (nSPS) is 20.2. The molecule has 0 bridgehead atoms. The number of aliphatic hydroxyl groups is 1. The average molecular weight is 849 g/mol. The Morgan fingerprint density at radius 3 is 1.59 bits per heavy atom. The largest absolute Gasteiger partial charge is 0.479 e. The van der Waals surface area contributed by atoms with Crippen LogP contribution in [0.4, 0.5) is 0 Å². The maximum atomic E-state index is 11.3. The van der Waals surface area contributed by atoms with E-state index in [2.05, 4.69) is 35.9 Å². The molecule has 0 amide bonds. The van der Waals surface area contributed by atoms with Gasteiger partial charge in [0.05, 0.1) is 57.5 Å². The molecular formula is C48H68N2O11. The van der Waals surface area contributed by atoms with Crippen molar-refractivity contribution in [3.63, 3.8) is 0 Å². The summed E-state index contributed by atoms with van der Waals surface area (Å²) >= 11 is 0. The van der Waals surface area contributed by atoms with Gasteiger partial charge in [-0.15, -0.1) is 0 Å². The van der Waals surface area contributed by atoms with Crippen LogP contribution in [-0.4, -0.2) is 95.8 Å². The van der Waals surface area contributed by atoms with Crippen molar-refractivity contribution >= 4 is 5.97 Å². The van der Waals surface area contributed by atoms with Crippen molar-refractivity contribution < 1.29 is 52.3 Å². The Balaban J connectivity index is 0.000000231. The molecule has 13 nitrogen and oxygen atoms in total. The molecule has 2 aliphatic carbocycles. The minimum atomic E-state index is -0.983. The molecule has 0 radical (unpaired) electrons. The molecule has 2 heterocycles. The summed E-state index contributed by atoms with van der Waals surface area (Å²) in [6.45, 7) is 14.3. The van der Waals surface area contributed by atoms with Crippen LogP contribution in [-0.2, 0) is 46.4 Å². The molecule has 0 spiro atoms. The minimum Gasteiger partial charge on any atom is -0.479 e. The summed E-state index contributed by atoms with van der Waals surface area (Å²) in [5.41, 5.74) is 5.93. The summed E-state index contributed by atoms with van der Waals surface area (Å²) < 4.78 is 46.8. The average Bonchev–Trinajstić information content (AvgIpc) is 3.83. The molecule has 6 rings (SSSR count). The molecule has 4 aromatic rings. The lowest BCUT2D eigenvalue weighted by Crippen LogP contribution is -2.34. The standard InChI is InChI=1S/C24H33NO6.C24H35NO5/c1-4-11-28-22(24(26)27)15-30-20-10-6-9-19(13-20)29-14-21-17(3)31-23(25-21)18-8-5-7-16(2)12-18;1-4-11-27-22(14-26)15-28-20-9-6-10-21(13-20)29-16-23-18(3)30-24(25-23)19-8-5-7-17(2)12-19/h5,7-8,12,19-20,22H,4,6,9-11,13-15H2,1-3H3,(H,26,27);5,7-8,12,20-22,26H,4,6,9-11,13-16H2,1-3H3/t19-,20+,22-;20-,21+,22-/m01/s1. The fourth-order valence-corrected chi connectivity index (χ4v) is 7.49. The van der Waals surface area contributed by atoms with E-state index in [0.717, 1.165) is 104 Å². The number of aryl methyl sites for hydroxylation is 4. The van der Waals surface area contributed by atoms with Gasteiger partial charge in [0.2, 0.25) is 11.8 Å². The van der Waals surface area contributed by atoms with Crippen LogP contribution in [0, 0.1) is 27.7 Å². The molecule has 6 atom stereocenters. The van der Waals surface area contributed by atoms with Crippen molar-refractivity contribution in [3.8, 4) is 22.9 Å². The van der Waals surface area contributed by atoms with Gasteiger partial charge in [0.25, 0.3) is 0 Å². The molecule has 2 aromatic carbocycles. The van der Waals surface area contributed by atoms with Gasteiger partial charge in [0, 0.05) is 24.3 Å². The van der Waals surface area contributed by atoms with E-state index in [1.807, 2.05) is 64.1 Å². The lowest BCUT2D eigenvalue weighted by atomic mass is 9.95. The molecule has 0 unspecified atom stereocenters. The number of carboxylic acid groups (broad SMARTS) is 1. The Kier molecular flexibility index (Phi) is 19.9. The zero-order valence-corrected chi connectivity index (χ0v) is 37.1. The number of carbonyl (C=O) groups is 1. The molecule has 0 aliphatic heterocycles. The second kappa shape index (κ2) is 25.2. The highest BCUT2D eigenvalue weighted by Crippen LogP contribution is 2.29. The molecule has 2 aromatic heterocycles. The SMILES string of the molecule is CCCO[C@@H](CO[C@@H]1CCC[C@H](OCc2nc(-c3cccc(C)c3)oc2C)C1)C(=O)O.CCCO[C@H](CO)CO[C@@H]1CCC[C@H](OCc2nc(-c3cccc(C)c3)oc2C)C1. The first kappa shape index (κ1) is 48.1. The van der Waals surface area contributed by atoms with E-state index in [4.69, 9.17) is 37.3 Å². The van der Waals surface area contributed by atoms with Gasteiger partial charge in [-0.25, -0.2) is 14.8 Å². The predicted octanol–water partition coefficient (Wildman–Crippen LogP) is 9.27.